The third-order valence-electron chi connectivity index (χ3n) is 5.87. The topological polar surface area (TPSA) is 55.4 Å². The molecule has 4 rings (SSSR count). The van der Waals surface area contributed by atoms with Crippen LogP contribution in [0.2, 0.25) is 0 Å². The van der Waals surface area contributed by atoms with Gasteiger partial charge in [-0.15, -0.1) is 0 Å². The minimum atomic E-state index is -0.376. The zero-order valence-electron chi connectivity index (χ0n) is 17.5. The van der Waals surface area contributed by atoms with Gasteiger partial charge in [0.05, 0.1) is 12.2 Å². The Bertz CT molecular complexity index is 1020. The lowest BCUT2D eigenvalue weighted by atomic mass is 9.75. The second kappa shape index (κ2) is 8.70. The predicted molar refractivity (Wildman–Crippen MR) is 117 cm³/mol. The van der Waals surface area contributed by atoms with Crippen LogP contribution in [-0.4, -0.2) is 18.4 Å². The van der Waals surface area contributed by atoms with Crippen molar-refractivity contribution >= 4 is 11.8 Å². The van der Waals surface area contributed by atoms with Crippen LogP contribution in [0.4, 0.5) is 0 Å². The van der Waals surface area contributed by atoms with Gasteiger partial charge in [-0.3, -0.25) is 4.79 Å². The van der Waals surface area contributed by atoms with Gasteiger partial charge in [-0.2, -0.15) is 0 Å². The Morgan fingerprint density at radius 1 is 1.03 bits per heavy atom. The third-order valence-corrected chi connectivity index (χ3v) is 5.87. The Balaban J connectivity index is 1.63. The average molecular weight is 402 g/mol. The van der Waals surface area contributed by atoms with Gasteiger partial charge >= 0.3 is 5.97 Å². The molecule has 0 amide bonds. The molecule has 0 radical (unpaired) electrons. The second-order valence-corrected chi connectivity index (χ2v) is 8.05. The number of dihydropyridines is 1. The molecule has 0 spiro atoms. The molecule has 4 nitrogen and oxygen atoms in total. The van der Waals surface area contributed by atoms with Crippen molar-refractivity contribution in [2.45, 2.75) is 45.4 Å². The largest absolute Gasteiger partial charge is 0.462 e. The van der Waals surface area contributed by atoms with Crippen LogP contribution in [-0.2, 0) is 20.7 Å². The lowest BCUT2D eigenvalue weighted by Crippen LogP contribution is -2.34. The second-order valence-electron chi connectivity index (χ2n) is 8.05. The summed E-state index contributed by atoms with van der Waals surface area (Å²) in [5, 5.41) is 3.34. The molecule has 1 N–H and O–H groups in total. The number of ether oxygens (including phenoxy) is 1. The smallest absolute Gasteiger partial charge is 0.336 e. The molecule has 1 atom stereocenters. The molecule has 1 aliphatic heterocycles. The highest BCUT2D eigenvalue weighted by atomic mass is 16.5. The number of esters is 1. The van der Waals surface area contributed by atoms with Crippen molar-refractivity contribution in [2.24, 2.45) is 0 Å². The number of Topliss-reactive ketones (excluding diaryl/α,β-unsaturated/α-hetero) is 1. The van der Waals surface area contributed by atoms with Crippen LogP contribution in [0.25, 0.3) is 0 Å². The normalized spacial score (nSPS) is 18.7. The standard InChI is InChI=1S/C26H27NO3/c1-17-11-13-20(14-12-17)24-23(18(2)27-21-9-6-10-22(28)25(21)24)26(29)30-16-15-19-7-4-3-5-8-19/h3-5,7-8,11-14,24,27H,6,9-10,15-16H2,1-2H3. The molecule has 2 aromatic carbocycles. The molecular formula is C26H27NO3. The van der Waals surface area contributed by atoms with Gasteiger partial charge in [0.1, 0.15) is 0 Å². The van der Waals surface area contributed by atoms with Crippen molar-refractivity contribution < 1.29 is 14.3 Å². The first kappa shape index (κ1) is 20.1. The highest BCUT2D eigenvalue weighted by Crippen LogP contribution is 2.42. The summed E-state index contributed by atoms with van der Waals surface area (Å²) in [6.45, 7) is 4.24. The summed E-state index contributed by atoms with van der Waals surface area (Å²) >= 11 is 0. The van der Waals surface area contributed by atoms with Crippen LogP contribution in [0.3, 0.4) is 0 Å². The van der Waals surface area contributed by atoms with Crippen LogP contribution >= 0.6 is 0 Å². The zero-order chi connectivity index (χ0) is 21.1. The fraction of sp³-hybridized carbons (Fsp3) is 0.308. The summed E-state index contributed by atoms with van der Waals surface area (Å²) in [7, 11) is 0. The lowest BCUT2D eigenvalue weighted by molar-refractivity contribution is -0.139. The number of carbonyl (C=O) groups is 2. The monoisotopic (exact) mass is 401 g/mol. The molecule has 0 fully saturated rings. The molecule has 0 saturated carbocycles. The number of benzene rings is 2. The molecule has 1 unspecified atom stereocenters. The number of hydrogen-bond acceptors (Lipinski definition) is 4. The molecule has 1 heterocycles. The molecule has 4 heteroatoms. The summed E-state index contributed by atoms with van der Waals surface area (Å²) in [6.07, 6.45) is 2.86. The first-order chi connectivity index (χ1) is 14.5. The van der Waals surface area contributed by atoms with Gasteiger partial charge in [0.2, 0.25) is 0 Å². The average Bonchev–Trinajstić information content (AvgIpc) is 2.74. The van der Waals surface area contributed by atoms with Crippen molar-refractivity contribution in [2.75, 3.05) is 6.61 Å². The Labute approximate surface area is 177 Å². The van der Waals surface area contributed by atoms with Crippen LogP contribution in [0.1, 0.15) is 48.8 Å². The van der Waals surface area contributed by atoms with E-state index in [-0.39, 0.29) is 17.7 Å². The van der Waals surface area contributed by atoms with Gasteiger partial charge < -0.3 is 10.1 Å². The van der Waals surface area contributed by atoms with Crippen LogP contribution in [0.5, 0.6) is 0 Å². The Morgan fingerprint density at radius 3 is 2.50 bits per heavy atom. The van der Waals surface area contributed by atoms with Gasteiger partial charge in [-0.1, -0.05) is 60.2 Å². The van der Waals surface area contributed by atoms with Gasteiger partial charge in [0.25, 0.3) is 0 Å². The zero-order valence-corrected chi connectivity index (χ0v) is 17.5. The number of rotatable bonds is 5. The minimum Gasteiger partial charge on any atom is -0.462 e. The third kappa shape index (κ3) is 4.09. The van der Waals surface area contributed by atoms with Gasteiger partial charge in [0, 0.05) is 35.7 Å². The Kier molecular flexibility index (Phi) is 5.84. The van der Waals surface area contributed by atoms with Gasteiger partial charge in [0.15, 0.2) is 5.78 Å². The van der Waals surface area contributed by atoms with Crippen LogP contribution < -0.4 is 5.32 Å². The van der Waals surface area contributed by atoms with E-state index in [4.69, 9.17) is 4.74 Å². The number of allylic oxidation sites excluding steroid dienone is 3. The molecule has 30 heavy (non-hydrogen) atoms. The highest BCUT2D eigenvalue weighted by molar-refractivity contribution is 6.03. The predicted octanol–water partition coefficient (Wildman–Crippen LogP) is 4.75. The maximum Gasteiger partial charge on any atom is 0.336 e. The molecule has 0 saturated heterocycles. The maximum atomic E-state index is 13.2. The van der Waals surface area contributed by atoms with E-state index in [2.05, 4.69) is 5.32 Å². The van der Waals surface area contributed by atoms with Crippen LogP contribution in [0, 0.1) is 6.92 Å². The quantitative estimate of drug-likeness (QED) is 0.735. The van der Waals surface area contributed by atoms with Crippen molar-refractivity contribution in [3.63, 3.8) is 0 Å². The molecular weight excluding hydrogens is 374 g/mol. The summed E-state index contributed by atoms with van der Waals surface area (Å²) in [4.78, 5) is 26.1. The molecule has 0 aromatic heterocycles. The lowest BCUT2D eigenvalue weighted by Gasteiger charge is -2.34. The number of aryl methyl sites for hydroxylation is 1. The van der Waals surface area contributed by atoms with E-state index in [1.54, 1.807) is 0 Å². The molecule has 154 valence electrons. The fourth-order valence-corrected chi connectivity index (χ4v) is 4.33. The van der Waals surface area contributed by atoms with E-state index in [9.17, 15) is 9.59 Å². The molecule has 2 aliphatic rings. The van der Waals surface area contributed by atoms with Gasteiger partial charge in [-0.05, 0) is 37.8 Å². The van der Waals surface area contributed by atoms with E-state index >= 15 is 0 Å². The SMILES string of the molecule is CC1=C(C(=O)OCCc2ccccc2)C(c2ccc(C)cc2)C2=C(CCCC2=O)N1. The first-order valence-electron chi connectivity index (χ1n) is 10.6. The Morgan fingerprint density at radius 2 is 1.77 bits per heavy atom. The highest BCUT2D eigenvalue weighted by Gasteiger charge is 2.38. The fourth-order valence-electron chi connectivity index (χ4n) is 4.33. The summed E-state index contributed by atoms with van der Waals surface area (Å²) in [5.74, 6) is -0.610. The molecule has 0 bridgehead atoms. The van der Waals surface area contributed by atoms with Gasteiger partial charge in [-0.25, -0.2) is 4.79 Å². The molecule has 2 aromatic rings. The molecule has 1 aliphatic carbocycles. The van der Waals surface area contributed by atoms with Crippen molar-refractivity contribution in [3.8, 4) is 0 Å². The van der Waals surface area contributed by atoms with E-state index in [1.807, 2.05) is 68.4 Å². The summed E-state index contributed by atoms with van der Waals surface area (Å²) in [5.41, 5.74) is 6.23. The van der Waals surface area contributed by atoms with E-state index in [0.717, 1.165) is 46.5 Å². The van der Waals surface area contributed by atoms with Crippen molar-refractivity contribution in [3.05, 3.63) is 93.8 Å². The van der Waals surface area contributed by atoms with Crippen molar-refractivity contribution in [1.29, 1.82) is 0 Å². The number of hydrogen-bond donors (Lipinski definition) is 1. The first-order valence-corrected chi connectivity index (χ1v) is 10.6. The van der Waals surface area contributed by atoms with E-state index < -0.39 is 0 Å². The van der Waals surface area contributed by atoms with Crippen molar-refractivity contribution in [1.82, 2.24) is 5.32 Å². The number of nitrogens with one attached hydrogen (secondary N) is 1. The maximum absolute atomic E-state index is 13.2. The van der Waals surface area contributed by atoms with E-state index in [0.29, 0.717) is 25.0 Å². The Hall–Kier alpha value is -3.14. The minimum absolute atomic E-state index is 0.122. The number of carbonyl (C=O) groups excluding carboxylic acids is 2. The van der Waals surface area contributed by atoms with Crippen LogP contribution in [0.15, 0.2) is 77.1 Å². The summed E-state index contributed by atoms with van der Waals surface area (Å²) in [6, 6.07) is 18.1. The number of ketones is 1. The summed E-state index contributed by atoms with van der Waals surface area (Å²) < 4.78 is 5.68. The van der Waals surface area contributed by atoms with E-state index in [1.165, 1.54) is 0 Å².